The van der Waals surface area contributed by atoms with Gasteiger partial charge in [0.1, 0.15) is 17.7 Å². The lowest BCUT2D eigenvalue weighted by Gasteiger charge is -2.28. The van der Waals surface area contributed by atoms with Crippen LogP contribution in [-0.4, -0.2) is 46.9 Å². The van der Waals surface area contributed by atoms with Crippen LogP contribution in [0.3, 0.4) is 0 Å². The average molecular weight is 566 g/mol. The first kappa shape index (κ1) is 34.9. The van der Waals surface area contributed by atoms with Gasteiger partial charge in [-0.2, -0.15) is 0 Å². The van der Waals surface area contributed by atoms with Crippen LogP contribution in [0.4, 0.5) is 4.79 Å². The van der Waals surface area contributed by atoms with E-state index >= 15 is 0 Å². The minimum atomic E-state index is -1.84. The van der Waals surface area contributed by atoms with E-state index in [1.807, 2.05) is 27.7 Å². The third-order valence-corrected chi connectivity index (χ3v) is 7.40. The van der Waals surface area contributed by atoms with Crippen LogP contribution < -0.4 is 15.2 Å². The van der Waals surface area contributed by atoms with Gasteiger partial charge in [0, 0.05) is 12.8 Å². The fourth-order valence-corrected chi connectivity index (χ4v) is 3.23. The van der Waals surface area contributed by atoms with Crippen molar-refractivity contribution < 1.29 is 43.2 Å². The van der Waals surface area contributed by atoms with Crippen LogP contribution in [0.2, 0.25) is 0 Å². The Morgan fingerprint density at radius 2 is 1.35 bits per heavy atom. The molecule has 10 nitrogen and oxygen atoms in total. The van der Waals surface area contributed by atoms with Gasteiger partial charge < -0.3 is 29.8 Å². The van der Waals surface area contributed by atoms with Gasteiger partial charge in [0.2, 0.25) is 0 Å². The molecule has 1 rings (SSSR count). The van der Waals surface area contributed by atoms with Gasteiger partial charge in [0.05, 0.1) is 10.8 Å². The quantitative estimate of drug-likeness (QED) is 0.213. The number of aliphatic carboxylic acids is 1. The SMILES string of the molecule is CCC(C)(C)C(=O)Oc1ccc(CC(N)(C[C@H](C)OC(=O)OC(C)C(C)C)C(=O)O)cc1OC(=O)C(C)(C)CC. The molecule has 0 aliphatic rings. The molecule has 1 aromatic carbocycles. The molecule has 0 heterocycles. The Labute approximate surface area is 237 Å². The summed E-state index contributed by atoms with van der Waals surface area (Å²) in [6.45, 7) is 17.7. The predicted octanol–water partition coefficient (Wildman–Crippen LogP) is 5.67. The second-order valence-electron chi connectivity index (χ2n) is 12.1. The lowest BCUT2D eigenvalue weighted by molar-refractivity contribution is -0.147. The first-order valence-corrected chi connectivity index (χ1v) is 13.7. The largest absolute Gasteiger partial charge is 0.508 e. The molecule has 0 radical (unpaired) electrons. The second-order valence-corrected chi connectivity index (χ2v) is 12.1. The molecule has 1 aromatic rings. The molecule has 0 amide bonds. The van der Waals surface area contributed by atoms with E-state index in [-0.39, 0.29) is 36.4 Å². The third kappa shape index (κ3) is 9.80. The summed E-state index contributed by atoms with van der Waals surface area (Å²) in [6.07, 6.45) is -1.53. The molecule has 226 valence electrons. The lowest BCUT2D eigenvalue weighted by Crippen LogP contribution is -2.52. The molecule has 0 aliphatic carbocycles. The summed E-state index contributed by atoms with van der Waals surface area (Å²) in [5.74, 6) is -2.25. The summed E-state index contributed by atoms with van der Waals surface area (Å²) >= 11 is 0. The van der Waals surface area contributed by atoms with Crippen LogP contribution in [0.15, 0.2) is 18.2 Å². The van der Waals surface area contributed by atoms with E-state index in [0.717, 1.165) is 0 Å². The lowest BCUT2D eigenvalue weighted by atomic mass is 9.86. The summed E-state index contributed by atoms with van der Waals surface area (Å²) in [7, 11) is 0. The first-order chi connectivity index (χ1) is 18.3. The Morgan fingerprint density at radius 3 is 1.80 bits per heavy atom. The highest BCUT2D eigenvalue weighted by Gasteiger charge is 2.38. The van der Waals surface area contributed by atoms with E-state index in [1.54, 1.807) is 40.7 Å². The molecule has 3 atom stereocenters. The highest BCUT2D eigenvalue weighted by Crippen LogP contribution is 2.35. The maximum atomic E-state index is 12.9. The molecule has 0 fully saturated rings. The Balaban J connectivity index is 3.29. The minimum absolute atomic E-state index is 0.0208. The monoisotopic (exact) mass is 565 g/mol. The number of ether oxygens (including phenoxy) is 4. The van der Waals surface area contributed by atoms with Gasteiger partial charge in [-0.1, -0.05) is 33.8 Å². The molecule has 0 saturated carbocycles. The van der Waals surface area contributed by atoms with E-state index in [1.165, 1.54) is 19.1 Å². The molecule has 0 aliphatic heterocycles. The molecule has 10 heteroatoms. The number of esters is 2. The number of carbonyl (C=O) groups is 4. The zero-order chi connectivity index (χ0) is 31.1. The zero-order valence-corrected chi connectivity index (χ0v) is 25.6. The topological polar surface area (TPSA) is 151 Å². The minimum Gasteiger partial charge on any atom is -0.480 e. The van der Waals surface area contributed by atoms with Crippen molar-refractivity contribution in [1.29, 1.82) is 0 Å². The highest BCUT2D eigenvalue weighted by atomic mass is 16.7. The molecule has 0 aromatic heterocycles. The Morgan fingerprint density at radius 1 is 0.850 bits per heavy atom. The molecule has 3 N–H and O–H groups in total. The van der Waals surface area contributed by atoms with E-state index in [4.69, 9.17) is 24.7 Å². The van der Waals surface area contributed by atoms with Gasteiger partial charge >= 0.3 is 24.1 Å². The van der Waals surface area contributed by atoms with Gasteiger partial charge in [-0.05, 0) is 78.0 Å². The fraction of sp³-hybridized carbons (Fsp3) is 0.667. The van der Waals surface area contributed by atoms with Gasteiger partial charge in [0.25, 0.3) is 0 Å². The van der Waals surface area contributed by atoms with Crippen molar-refractivity contribution in [3.05, 3.63) is 23.8 Å². The molecule has 0 saturated heterocycles. The highest BCUT2D eigenvalue weighted by molar-refractivity contribution is 5.82. The summed E-state index contributed by atoms with van der Waals surface area (Å²) in [5.41, 5.74) is 3.30. The Hall–Kier alpha value is -3.14. The maximum Gasteiger partial charge on any atom is 0.508 e. The van der Waals surface area contributed by atoms with Crippen molar-refractivity contribution in [2.75, 3.05) is 0 Å². The van der Waals surface area contributed by atoms with Crippen molar-refractivity contribution in [2.24, 2.45) is 22.5 Å². The van der Waals surface area contributed by atoms with Crippen LogP contribution in [-0.2, 0) is 30.3 Å². The van der Waals surface area contributed by atoms with Crippen LogP contribution in [0.5, 0.6) is 11.5 Å². The number of carboxylic acids is 1. The average Bonchev–Trinajstić information content (AvgIpc) is 2.84. The van der Waals surface area contributed by atoms with Crippen LogP contribution in [0, 0.1) is 16.7 Å². The maximum absolute atomic E-state index is 12.9. The number of rotatable bonds is 14. The van der Waals surface area contributed by atoms with Crippen LogP contribution >= 0.6 is 0 Å². The number of carbonyl (C=O) groups excluding carboxylic acids is 3. The Kier molecular flexibility index (Phi) is 12.2. The smallest absolute Gasteiger partial charge is 0.480 e. The number of hydrogen-bond acceptors (Lipinski definition) is 9. The van der Waals surface area contributed by atoms with Crippen molar-refractivity contribution in [3.8, 4) is 11.5 Å². The zero-order valence-electron chi connectivity index (χ0n) is 25.6. The number of carboxylic acid groups (broad SMARTS) is 1. The van der Waals surface area contributed by atoms with Gasteiger partial charge in [-0.15, -0.1) is 0 Å². The second kappa shape index (κ2) is 14.0. The molecule has 40 heavy (non-hydrogen) atoms. The summed E-state index contributed by atoms with van der Waals surface area (Å²) < 4.78 is 21.7. The predicted molar refractivity (Wildman–Crippen MR) is 150 cm³/mol. The van der Waals surface area contributed by atoms with Crippen molar-refractivity contribution in [3.63, 3.8) is 0 Å². The van der Waals surface area contributed by atoms with Gasteiger partial charge in [-0.3, -0.25) is 14.4 Å². The third-order valence-electron chi connectivity index (χ3n) is 7.40. The van der Waals surface area contributed by atoms with E-state index < -0.39 is 46.5 Å². The Bertz CT molecular complexity index is 1060. The summed E-state index contributed by atoms with van der Waals surface area (Å²) in [4.78, 5) is 50.0. The van der Waals surface area contributed by atoms with E-state index in [0.29, 0.717) is 18.4 Å². The first-order valence-electron chi connectivity index (χ1n) is 13.7. The summed E-state index contributed by atoms with van der Waals surface area (Å²) in [6, 6.07) is 4.45. The van der Waals surface area contributed by atoms with Crippen molar-refractivity contribution >= 4 is 24.1 Å². The molecular formula is C30H47NO9. The molecule has 0 spiro atoms. The number of benzene rings is 1. The molecule has 0 bridgehead atoms. The fourth-order valence-electron chi connectivity index (χ4n) is 3.23. The standard InChI is InChI=1S/C30H47NO9/c1-11-28(7,8)25(34)39-22-14-13-21(15-23(22)40-26(35)29(9,10)12-2)17-30(31,24(32)33)16-19(5)37-27(36)38-20(6)18(3)4/h13-15,18-20H,11-12,16-17,31H2,1-10H3,(H,32,33)/t19-,20?,30?/m0/s1. The molecular weight excluding hydrogens is 518 g/mol. The van der Waals surface area contributed by atoms with Gasteiger partial charge in [0.15, 0.2) is 11.5 Å². The van der Waals surface area contributed by atoms with Crippen molar-refractivity contribution in [2.45, 2.75) is 113 Å². The number of nitrogens with two attached hydrogens (primary N) is 1. The number of hydrogen-bond donors (Lipinski definition) is 2. The normalized spacial score (nSPS) is 15.0. The van der Waals surface area contributed by atoms with Crippen molar-refractivity contribution in [1.82, 2.24) is 0 Å². The van der Waals surface area contributed by atoms with Crippen LogP contribution in [0.25, 0.3) is 0 Å². The van der Waals surface area contributed by atoms with Crippen LogP contribution in [0.1, 0.15) is 94.1 Å². The van der Waals surface area contributed by atoms with Gasteiger partial charge in [-0.25, -0.2) is 4.79 Å². The van der Waals surface area contributed by atoms with E-state index in [9.17, 15) is 24.3 Å². The summed E-state index contributed by atoms with van der Waals surface area (Å²) in [5, 5.41) is 9.99. The molecule has 2 unspecified atom stereocenters. The van der Waals surface area contributed by atoms with E-state index in [2.05, 4.69) is 0 Å².